The van der Waals surface area contributed by atoms with Gasteiger partial charge >= 0.3 is 0 Å². The van der Waals surface area contributed by atoms with Crippen LogP contribution in [0.15, 0.2) is 23.1 Å². The van der Waals surface area contributed by atoms with Gasteiger partial charge in [-0.3, -0.25) is 0 Å². The van der Waals surface area contributed by atoms with E-state index in [9.17, 15) is 0 Å². The highest BCUT2D eigenvalue weighted by Crippen LogP contribution is 2.29. The van der Waals surface area contributed by atoms with Crippen molar-refractivity contribution in [3.05, 3.63) is 29.3 Å². The number of nitrogens with zero attached hydrogens (tertiary/aromatic N) is 1. The minimum atomic E-state index is 1.06. The van der Waals surface area contributed by atoms with E-state index in [4.69, 9.17) is 0 Å². The number of thioether (sulfide) groups is 1. The second-order valence-corrected chi connectivity index (χ2v) is 8.86. The number of hydrogen-bond donors (Lipinski definition) is 1. The van der Waals surface area contributed by atoms with Crippen LogP contribution in [0.25, 0.3) is 0 Å². The first kappa shape index (κ1) is 19.3. The van der Waals surface area contributed by atoms with Gasteiger partial charge in [-0.2, -0.15) is 0 Å². The molecule has 1 fully saturated rings. The Hall–Kier alpha value is -0.510. The molecule has 0 spiro atoms. The van der Waals surface area contributed by atoms with Gasteiger partial charge in [0, 0.05) is 18.0 Å². The summed E-state index contributed by atoms with van der Waals surface area (Å²) in [6.07, 6.45) is 14.3. The highest BCUT2D eigenvalue weighted by molar-refractivity contribution is 7.99. The second kappa shape index (κ2) is 11.3. The molecule has 25 heavy (non-hydrogen) atoms. The van der Waals surface area contributed by atoms with E-state index in [1.54, 1.807) is 5.56 Å². The van der Waals surface area contributed by atoms with Gasteiger partial charge in [-0.15, -0.1) is 11.8 Å². The molecule has 1 N–H and O–H groups in total. The van der Waals surface area contributed by atoms with E-state index in [0.717, 1.165) is 13.1 Å². The molecule has 0 atom stereocenters. The average Bonchev–Trinajstić information content (AvgIpc) is 3.13. The van der Waals surface area contributed by atoms with Gasteiger partial charge in [0.05, 0.1) is 0 Å². The summed E-state index contributed by atoms with van der Waals surface area (Å²) in [6.45, 7) is 6.20. The minimum Gasteiger partial charge on any atom is -0.309 e. The van der Waals surface area contributed by atoms with Gasteiger partial charge in [0.2, 0.25) is 0 Å². The summed E-state index contributed by atoms with van der Waals surface area (Å²) in [5, 5.41) is 3.47. The van der Waals surface area contributed by atoms with E-state index in [1.807, 2.05) is 0 Å². The van der Waals surface area contributed by atoms with Crippen LogP contribution in [-0.4, -0.2) is 30.3 Å². The van der Waals surface area contributed by atoms with Crippen LogP contribution in [0.3, 0.4) is 0 Å². The maximum atomic E-state index is 3.47. The molecule has 140 valence electrons. The zero-order valence-corrected chi connectivity index (χ0v) is 16.7. The topological polar surface area (TPSA) is 15.3 Å². The Balaban J connectivity index is 1.15. The van der Waals surface area contributed by atoms with Crippen molar-refractivity contribution >= 4 is 11.8 Å². The van der Waals surface area contributed by atoms with E-state index >= 15 is 0 Å². The molecule has 0 bridgehead atoms. The van der Waals surface area contributed by atoms with Crippen LogP contribution in [-0.2, 0) is 13.1 Å². The van der Waals surface area contributed by atoms with Crippen LogP contribution in [0.4, 0.5) is 0 Å². The Morgan fingerprint density at radius 2 is 1.60 bits per heavy atom. The number of nitrogens with one attached hydrogen (secondary N) is 1. The highest BCUT2D eigenvalue weighted by atomic mass is 32.2. The molecule has 1 saturated heterocycles. The molecule has 3 heteroatoms. The SMILES string of the molecule is c1cc2c(c(SCCCCCCCCCN3CCCCC3)c1)CNC2. The van der Waals surface area contributed by atoms with Crippen molar-refractivity contribution in [2.45, 2.75) is 82.2 Å². The number of benzene rings is 1. The Morgan fingerprint density at radius 3 is 2.44 bits per heavy atom. The van der Waals surface area contributed by atoms with E-state index in [2.05, 4.69) is 40.2 Å². The van der Waals surface area contributed by atoms with E-state index < -0.39 is 0 Å². The predicted octanol–water partition coefficient (Wildman–Crippen LogP) is 5.60. The first-order valence-corrected chi connectivity index (χ1v) is 11.6. The summed E-state index contributed by atoms with van der Waals surface area (Å²) in [5.74, 6) is 1.28. The zero-order chi connectivity index (χ0) is 17.2. The summed E-state index contributed by atoms with van der Waals surface area (Å²) >= 11 is 2.07. The van der Waals surface area contributed by atoms with Gasteiger partial charge < -0.3 is 10.2 Å². The molecular weight excluding hydrogens is 324 g/mol. The standard InChI is InChI=1S/C22H36N2S/c1(2-4-7-14-24-15-8-6-9-16-24)3-5-10-17-25-22-13-11-12-20-18-23-19-21(20)22/h11-13,23H,1-10,14-19H2. The lowest BCUT2D eigenvalue weighted by Crippen LogP contribution is -2.30. The maximum Gasteiger partial charge on any atom is 0.0223 e. The van der Waals surface area contributed by atoms with Crippen LogP contribution >= 0.6 is 11.8 Å². The smallest absolute Gasteiger partial charge is 0.0223 e. The van der Waals surface area contributed by atoms with Crippen LogP contribution < -0.4 is 5.32 Å². The van der Waals surface area contributed by atoms with Crippen molar-refractivity contribution in [3.63, 3.8) is 0 Å². The van der Waals surface area contributed by atoms with Crippen molar-refractivity contribution in [2.75, 3.05) is 25.4 Å². The summed E-state index contributed by atoms with van der Waals surface area (Å²) in [6, 6.07) is 6.79. The fraction of sp³-hybridized carbons (Fsp3) is 0.727. The fourth-order valence-corrected chi connectivity index (χ4v) is 5.24. The number of rotatable bonds is 11. The van der Waals surface area contributed by atoms with Crippen molar-refractivity contribution in [1.82, 2.24) is 10.2 Å². The van der Waals surface area contributed by atoms with Crippen LogP contribution in [0.1, 0.15) is 75.3 Å². The lowest BCUT2D eigenvalue weighted by molar-refractivity contribution is 0.224. The van der Waals surface area contributed by atoms with Crippen molar-refractivity contribution in [3.8, 4) is 0 Å². The summed E-state index contributed by atoms with van der Waals surface area (Å²) in [4.78, 5) is 4.19. The Kier molecular flexibility index (Phi) is 8.67. The third-order valence-electron chi connectivity index (χ3n) is 5.67. The van der Waals surface area contributed by atoms with Gasteiger partial charge in [-0.1, -0.05) is 50.7 Å². The average molecular weight is 361 g/mol. The number of piperidine rings is 1. The Bertz CT molecular complexity index is 497. The van der Waals surface area contributed by atoms with Crippen LogP contribution in [0.2, 0.25) is 0 Å². The largest absolute Gasteiger partial charge is 0.309 e. The molecule has 0 unspecified atom stereocenters. The number of unbranched alkanes of at least 4 members (excludes halogenated alkanes) is 6. The van der Waals surface area contributed by atoms with E-state index in [0.29, 0.717) is 0 Å². The molecule has 0 saturated carbocycles. The molecule has 0 aromatic heterocycles. The maximum absolute atomic E-state index is 3.47. The molecule has 1 aromatic rings. The van der Waals surface area contributed by atoms with Crippen molar-refractivity contribution in [2.24, 2.45) is 0 Å². The van der Waals surface area contributed by atoms with Gasteiger partial charge in [0.1, 0.15) is 0 Å². The third-order valence-corrected chi connectivity index (χ3v) is 6.86. The van der Waals surface area contributed by atoms with Crippen LogP contribution in [0.5, 0.6) is 0 Å². The Labute approximate surface area is 159 Å². The lowest BCUT2D eigenvalue weighted by Gasteiger charge is -2.26. The second-order valence-electron chi connectivity index (χ2n) is 7.72. The fourth-order valence-electron chi connectivity index (χ4n) is 4.12. The Morgan fingerprint density at radius 1 is 0.840 bits per heavy atom. The normalized spacial score (nSPS) is 17.8. The van der Waals surface area contributed by atoms with E-state index in [-0.39, 0.29) is 0 Å². The quantitative estimate of drug-likeness (QED) is 0.408. The molecule has 2 aliphatic heterocycles. The first-order chi connectivity index (χ1) is 12.4. The number of likely N-dealkylation sites (tertiary alicyclic amines) is 1. The minimum absolute atomic E-state index is 1.06. The van der Waals surface area contributed by atoms with Gasteiger partial charge in [0.15, 0.2) is 0 Å². The predicted molar refractivity (Wildman–Crippen MR) is 110 cm³/mol. The summed E-state index contributed by atoms with van der Waals surface area (Å²) < 4.78 is 0. The van der Waals surface area contributed by atoms with Gasteiger partial charge in [-0.25, -0.2) is 0 Å². The molecule has 2 heterocycles. The molecule has 2 aliphatic rings. The summed E-state index contributed by atoms with van der Waals surface area (Å²) in [5.41, 5.74) is 3.07. The lowest BCUT2D eigenvalue weighted by atomic mass is 10.1. The van der Waals surface area contributed by atoms with Crippen LogP contribution in [0, 0.1) is 0 Å². The van der Waals surface area contributed by atoms with Gasteiger partial charge in [-0.05, 0) is 68.3 Å². The first-order valence-electron chi connectivity index (χ1n) is 10.6. The van der Waals surface area contributed by atoms with Crippen molar-refractivity contribution < 1.29 is 0 Å². The zero-order valence-electron chi connectivity index (χ0n) is 15.9. The monoisotopic (exact) mass is 360 g/mol. The summed E-state index contributed by atoms with van der Waals surface area (Å²) in [7, 11) is 0. The third kappa shape index (κ3) is 6.62. The van der Waals surface area contributed by atoms with Crippen molar-refractivity contribution in [1.29, 1.82) is 0 Å². The molecule has 0 aliphatic carbocycles. The molecule has 3 rings (SSSR count). The highest BCUT2D eigenvalue weighted by Gasteiger charge is 2.13. The van der Waals surface area contributed by atoms with Gasteiger partial charge in [0.25, 0.3) is 0 Å². The molecule has 0 radical (unpaired) electrons. The molecule has 0 amide bonds. The molecular formula is C22H36N2S. The number of hydrogen-bond acceptors (Lipinski definition) is 3. The number of fused-ring (bicyclic) bond motifs is 1. The molecule has 1 aromatic carbocycles. The molecule has 2 nitrogen and oxygen atoms in total. The van der Waals surface area contributed by atoms with E-state index in [1.165, 1.54) is 100 Å².